The minimum Gasteiger partial charge on any atom is -0.306 e. The van der Waals surface area contributed by atoms with Gasteiger partial charge in [-0.15, -0.1) is 0 Å². The zero-order chi connectivity index (χ0) is 27.7. The lowest BCUT2D eigenvalue weighted by molar-refractivity contribution is -0.120. The van der Waals surface area contributed by atoms with E-state index in [-0.39, 0.29) is 28.7 Å². The fraction of sp³-hybridized carbons (Fsp3) is 0.273. The van der Waals surface area contributed by atoms with Gasteiger partial charge in [0.1, 0.15) is 0 Å². The molecule has 0 aliphatic heterocycles. The highest BCUT2D eigenvalue weighted by atomic mass is 32.2. The molecule has 6 rings (SSSR count). The number of nitrogens with zero attached hydrogens (tertiary/aromatic N) is 2. The van der Waals surface area contributed by atoms with E-state index < -0.39 is 10.0 Å². The van der Waals surface area contributed by atoms with Gasteiger partial charge in [0, 0.05) is 23.3 Å². The normalized spacial score (nSPS) is 20.0. The maximum atomic E-state index is 14.0. The third kappa shape index (κ3) is 5.58. The molecule has 2 aliphatic rings. The lowest BCUT2D eigenvalue weighted by Gasteiger charge is -2.29. The molecule has 1 fully saturated rings. The number of anilines is 1. The Morgan fingerprint density at radius 2 is 1.70 bits per heavy atom. The van der Waals surface area contributed by atoms with E-state index in [1.165, 1.54) is 5.56 Å². The maximum absolute atomic E-state index is 14.0. The van der Waals surface area contributed by atoms with Crippen LogP contribution < -0.4 is 9.62 Å². The lowest BCUT2D eigenvalue weighted by atomic mass is 9.87. The second kappa shape index (κ2) is 11.0. The van der Waals surface area contributed by atoms with E-state index in [0.717, 1.165) is 47.5 Å². The molecule has 7 heteroatoms. The molecule has 6 nitrogen and oxygen atoms in total. The maximum Gasteiger partial charge on any atom is 0.241 e. The molecule has 40 heavy (non-hydrogen) atoms. The number of carbonyl (C=O) groups is 1. The van der Waals surface area contributed by atoms with E-state index in [0.29, 0.717) is 13.0 Å². The first-order valence-corrected chi connectivity index (χ1v) is 15.4. The van der Waals surface area contributed by atoms with E-state index in [2.05, 4.69) is 27.9 Å². The monoisotopic (exact) mass is 551 g/mol. The van der Waals surface area contributed by atoms with Crippen LogP contribution in [0.4, 0.5) is 5.69 Å². The molecule has 0 spiro atoms. The van der Waals surface area contributed by atoms with Crippen molar-refractivity contribution >= 4 is 21.6 Å². The standard InChI is InChI=1S/C33H33N3O3S/c1-23-10-8-14-26(34-23)22-36(33(37)31-21-29(31)24-11-4-2-5-12-24)27-19-18-25-13-9-17-32(30(25)20-27)35-40(38,39)28-15-6-3-7-16-28/h2-8,10-12,14-16,18-20,29,31-32,35H,9,13,17,21-22H2,1H3/t29-,31+,32-/m0/s1. The fourth-order valence-corrected chi connectivity index (χ4v) is 7.09. The summed E-state index contributed by atoms with van der Waals surface area (Å²) in [6, 6.07) is 30.3. The summed E-state index contributed by atoms with van der Waals surface area (Å²) in [6.45, 7) is 2.31. The Hall–Kier alpha value is -3.81. The van der Waals surface area contributed by atoms with Crippen LogP contribution in [-0.4, -0.2) is 19.3 Å². The lowest BCUT2D eigenvalue weighted by Crippen LogP contribution is -2.34. The van der Waals surface area contributed by atoms with Crippen LogP contribution in [0.25, 0.3) is 0 Å². The van der Waals surface area contributed by atoms with Crippen LogP contribution in [0.5, 0.6) is 0 Å². The molecule has 3 aromatic carbocycles. The van der Waals surface area contributed by atoms with Crippen LogP contribution in [0.2, 0.25) is 0 Å². The van der Waals surface area contributed by atoms with Crippen LogP contribution in [0.1, 0.15) is 59.3 Å². The van der Waals surface area contributed by atoms with E-state index in [1.807, 2.05) is 60.4 Å². The van der Waals surface area contributed by atoms with Gasteiger partial charge in [-0.05, 0) is 91.6 Å². The molecule has 3 atom stereocenters. The molecule has 2 aliphatic carbocycles. The predicted octanol–water partition coefficient (Wildman–Crippen LogP) is 6.08. The molecule has 1 heterocycles. The third-order valence-corrected chi connectivity index (χ3v) is 9.46. The summed E-state index contributed by atoms with van der Waals surface area (Å²) in [4.78, 5) is 20.8. The van der Waals surface area contributed by atoms with Gasteiger partial charge in [0.2, 0.25) is 15.9 Å². The van der Waals surface area contributed by atoms with Crippen LogP contribution >= 0.6 is 0 Å². The Bertz CT molecular complexity index is 1620. The minimum absolute atomic E-state index is 0.0781. The summed E-state index contributed by atoms with van der Waals surface area (Å²) in [7, 11) is -3.69. The van der Waals surface area contributed by atoms with Crippen molar-refractivity contribution < 1.29 is 13.2 Å². The van der Waals surface area contributed by atoms with Crippen molar-refractivity contribution in [1.82, 2.24) is 9.71 Å². The number of aromatic nitrogens is 1. The number of fused-ring (bicyclic) bond motifs is 1. The molecule has 1 aromatic heterocycles. The Labute approximate surface area is 236 Å². The van der Waals surface area contributed by atoms with Gasteiger partial charge in [0.25, 0.3) is 0 Å². The number of aryl methyl sites for hydroxylation is 2. The van der Waals surface area contributed by atoms with Crippen molar-refractivity contribution in [3.63, 3.8) is 0 Å². The van der Waals surface area contributed by atoms with Crippen molar-refractivity contribution in [1.29, 1.82) is 0 Å². The van der Waals surface area contributed by atoms with Crippen molar-refractivity contribution in [3.05, 3.63) is 125 Å². The van der Waals surface area contributed by atoms with Crippen LogP contribution in [0.3, 0.4) is 0 Å². The Balaban J connectivity index is 1.32. The summed E-state index contributed by atoms with van der Waals surface area (Å²) in [5, 5.41) is 0. The first-order chi connectivity index (χ1) is 19.4. The molecule has 1 N–H and O–H groups in total. The minimum atomic E-state index is -3.69. The molecule has 0 unspecified atom stereocenters. The molecule has 0 radical (unpaired) electrons. The number of hydrogen-bond donors (Lipinski definition) is 1. The van der Waals surface area contributed by atoms with Gasteiger partial charge >= 0.3 is 0 Å². The zero-order valence-electron chi connectivity index (χ0n) is 22.5. The second-order valence-electron chi connectivity index (χ2n) is 10.8. The Morgan fingerprint density at radius 3 is 2.45 bits per heavy atom. The van der Waals surface area contributed by atoms with Gasteiger partial charge in [0.15, 0.2) is 0 Å². The zero-order valence-corrected chi connectivity index (χ0v) is 23.3. The Kier molecular flexibility index (Phi) is 7.26. The smallest absolute Gasteiger partial charge is 0.241 e. The summed E-state index contributed by atoms with van der Waals surface area (Å²) in [6.07, 6.45) is 3.30. The van der Waals surface area contributed by atoms with E-state index in [9.17, 15) is 13.2 Å². The van der Waals surface area contributed by atoms with Crippen molar-refractivity contribution in [2.75, 3.05) is 4.90 Å². The third-order valence-electron chi connectivity index (χ3n) is 7.97. The van der Waals surface area contributed by atoms with Crippen LogP contribution in [0.15, 0.2) is 102 Å². The highest BCUT2D eigenvalue weighted by Gasteiger charge is 2.46. The van der Waals surface area contributed by atoms with Gasteiger partial charge in [0.05, 0.1) is 17.1 Å². The number of benzene rings is 3. The number of sulfonamides is 1. The molecule has 0 bridgehead atoms. The number of carbonyl (C=O) groups excluding carboxylic acids is 1. The molecular formula is C33H33N3O3S. The van der Waals surface area contributed by atoms with Crippen LogP contribution in [-0.2, 0) is 27.8 Å². The summed E-state index contributed by atoms with van der Waals surface area (Å²) < 4.78 is 29.3. The number of rotatable bonds is 8. The number of nitrogens with one attached hydrogen (secondary N) is 1. The average molecular weight is 552 g/mol. The number of pyridine rings is 1. The first kappa shape index (κ1) is 26.4. The topological polar surface area (TPSA) is 79.4 Å². The van der Waals surface area contributed by atoms with Gasteiger partial charge in [-0.3, -0.25) is 9.78 Å². The van der Waals surface area contributed by atoms with Gasteiger partial charge in [-0.2, -0.15) is 0 Å². The Morgan fingerprint density at radius 1 is 0.950 bits per heavy atom. The average Bonchev–Trinajstić information content (AvgIpc) is 3.78. The molecule has 1 amide bonds. The first-order valence-electron chi connectivity index (χ1n) is 13.9. The highest BCUT2D eigenvalue weighted by Crippen LogP contribution is 2.49. The van der Waals surface area contributed by atoms with Gasteiger partial charge in [-0.1, -0.05) is 60.7 Å². The number of hydrogen-bond acceptors (Lipinski definition) is 4. The quantitative estimate of drug-likeness (QED) is 0.288. The van der Waals surface area contributed by atoms with Crippen molar-refractivity contribution in [2.24, 2.45) is 5.92 Å². The van der Waals surface area contributed by atoms with Crippen molar-refractivity contribution in [3.8, 4) is 0 Å². The summed E-state index contributed by atoms with van der Waals surface area (Å²) >= 11 is 0. The van der Waals surface area contributed by atoms with E-state index in [4.69, 9.17) is 0 Å². The fourth-order valence-electron chi connectivity index (χ4n) is 5.81. The SMILES string of the molecule is Cc1cccc(CN(C(=O)[C@@H]2C[C@H]2c2ccccc2)c2ccc3c(c2)[C@@H](NS(=O)(=O)c2ccccc2)CCC3)n1. The van der Waals surface area contributed by atoms with Crippen molar-refractivity contribution in [2.45, 2.75) is 56.0 Å². The van der Waals surface area contributed by atoms with E-state index in [1.54, 1.807) is 30.3 Å². The molecule has 204 valence electrons. The number of amides is 1. The summed E-state index contributed by atoms with van der Waals surface area (Å²) in [5.74, 6) is 0.203. The van der Waals surface area contributed by atoms with Gasteiger partial charge in [-0.25, -0.2) is 13.1 Å². The van der Waals surface area contributed by atoms with Crippen LogP contribution in [0, 0.1) is 12.8 Å². The predicted molar refractivity (Wildman–Crippen MR) is 156 cm³/mol. The molecular weight excluding hydrogens is 518 g/mol. The summed E-state index contributed by atoms with van der Waals surface area (Å²) in [5.41, 5.74) is 5.74. The molecule has 0 saturated heterocycles. The van der Waals surface area contributed by atoms with Gasteiger partial charge < -0.3 is 4.90 Å². The second-order valence-corrected chi connectivity index (χ2v) is 12.5. The largest absolute Gasteiger partial charge is 0.306 e. The highest BCUT2D eigenvalue weighted by molar-refractivity contribution is 7.89. The van der Waals surface area contributed by atoms with E-state index >= 15 is 0 Å². The molecule has 4 aromatic rings. The molecule has 1 saturated carbocycles.